The first-order valence-electron chi connectivity index (χ1n) is 9.74. The lowest BCUT2D eigenvalue weighted by molar-refractivity contribution is -0.113. The van der Waals surface area contributed by atoms with Gasteiger partial charge in [-0.2, -0.15) is 0 Å². The van der Waals surface area contributed by atoms with Gasteiger partial charge in [0.25, 0.3) is 0 Å². The number of benzene rings is 3. The van der Waals surface area contributed by atoms with E-state index in [1.165, 1.54) is 28.7 Å². The fourth-order valence-corrected chi connectivity index (χ4v) is 4.66. The molecule has 0 bridgehead atoms. The number of hydrogen-bond donors (Lipinski definition) is 1. The Hall–Kier alpha value is -3.22. The molecule has 0 fully saturated rings. The Morgan fingerprint density at radius 2 is 1.65 bits per heavy atom. The van der Waals surface area contributed by atoms with Crippen LogP contribution in [0.15, 0.2) is 88.6 Å². The van der Waals surface area contributed by atoms with E-state index in [9.17, 15) is 9.59 Å². The minimum atomic E-state index is -0.176. The van der Waals surface area contributed by atoms with E-state index < -0.39 is 0 Å². The zero-order valence-corrected chi connectivity index (χ0v) is 18.5. The minimum Gasteiger partial charge on any atom is -0.325 e. The van der Waals surface area contributed by atoms with Gasteiger partial charge in [0.1, 0.15) is 0 Å². The Kier molecular flexibility index (Phi) is 6.60. The topological polar surface area (TPSA) is 59.1 Å². The summed E-state index contributed by atoms with van der Waals surface area (Å²) >= 11 is 2.91. The van der Waals surface area contributed by atoms with Crippen molar-refractivity contribution in [3.63, 3.8) is 0 Å². The molecule has 0 aliphatic rings. The van der Waals surface area contributed by atoms with Crippen molar-refractivity contribution >= 4 is 40.5 Å². The number of amides is 1. The third kappa shape index (κ3) is 5.29. The third-order valence-electron chi connectivity index (χ3n) is 4.64. The maximum Gasteiger partial charge on any atom is 0.234 e. The number of carbonyl (C=O) groups excluding carboxylic acids is 2. The van der Waals surface area contributed by atoms with Gasteiger partial charge in [-0.05, 0) is 19.1 Å². The van der Waals surface area contributed by atoms with Crippen molar-refractivity contribution in [1.82, 2.24) is 4.98 Å². The summed E-state index contributed by atoms with van der Waals surface area (Å²) in [5.74, 6) is -0.0773. The van der Waals surface area contributed by atoms with Crippen LogP contribution in [0.3, 0.4) is 0 Å². The number of para-hydroxylation sites is 1. The summed E-state index contributed by atoms with van der Waals surface area (Å²) in [6, 6.07) is 24.3. The van der Waals surface area contributed by atoms with Crippen LogP contribution < -0.4 is 5.32 Å². The van der Waals surface area contributed by atoms with Crippen LogP contribution in [0.1, 0.15) is 21.5 Å². The molecular weight excluding hydrogens is 424 g/mol. The molecule has 4 nitrogen and oxygen atoms in total. The van der Waals surface area contributed by atoms with Crippen LogP contribution in [-0.2, 0) is 4.79 Å². The average Bonchev–Trinajstić information content (AvgIpc) is 3.28. The predicted molar refractivity (Wildman–Crippen MR) is 128 cm³/mol. The number of rotatable bonds is 7. The Labute approximate surface area is 189 Å². The highest BCUT2D eigenvalue weighted by atomic mass is 32.2. The van der Waals surface area contributed by atoms with Crippen LogP contribution in [0.4, 0.5) is 5.69 Å². The number of aromatic nitrogens is 1. The second-order valence-corrected chi connectivity index (χ2v) is 9.02. The van der Waals surface area contributed by atoms with Crippen LogP contribution in [0.2, 0.25) is 0 Å². The molecule has 4 aromatic rings. The Morgan fingerprint density at radius 1 is 0.935 bits per heavy atom. The number of carbonyl (C=O) groups is 2. The van der Waals surface area contributed by atoms with Crippen molar-refractivity contribution in [2.45, 2.75) is 11.3 Å². The minimum absolute atomic E-state index is 0.119. The molecule has 1 N–H and O–H groups in total. The van der Waals surface area contributed by atoms with Gasteiger partial charge in [0.15, 0.2) is 10.1 Å². The molecule has 154 valence electrons. The highest BCUT2D eigenvalue weighted by molar-refractivity contribution is 8.01. The number of hydrogen-bond acceptors (Lipinski definition) is 5. The van der Waals surface area contributed by atoms with Gasteiger partial charge in [-0.25, -0.2) is 4.98 Å². The van der Waals surface area contributed by atoms with Crippen molar-refractivity contribution in [2.75, 3.05) is 11.1 Å². The highest BCUT2D eigenvalue weighted by Crippen LogP contribution is 2.29. The number of thiazole rings is 1. The van der Waals surface area contributed by atoms with E-state index in [2.05, 4.69) is 29.4 Å². The molecule has 0 spiro atoms. The van der Waals surface area contributed by atoms with Gasteiger partial charge in [0.05, 0.1) is 17.1 Å². The largest absolute Gasteiger partial charge is 0.325 e. The van der Waals surface area contributed by atoms with E-state index in [0.29, 0.717) is 16.8 Å². The lowest BCUT2D eigenvalue weighted by Gasteiger charge is -2.10. The van der Waals surface area contributed by atoms with Gasteiger partial charge in [0.2, 0.25) is 5.91 Å². The zero-order valence-electron chi connectivity index (χ0n) is 16.9. The molecule has 1 amide bonds. The summed E-state index contributed by atoms with van der Waals surface area (Å²) in [6.45, 7) is 2.05. The first kappa shape index (κ1) is 21.0. The summed E-state index contributed by atoms with van der Waals surface area (Å²) < 4.78 is 0.833. The standard InChI is InChI=1S/C25H20N2O2S2/c1-17-11-13-18(14-12-17)22-15-30-25(27-22)31-16-23(28)26-21-10-6-5-9-20(21)24(29)19-7-3-2-4-8-19/h2-15H,16H2,1H3,(H,26,28). The summed E-state index contributed by atoms with van der Waals surface area (Å²) in [5, 5.41) is 4.87. The van der Waals surface area contributed by atoms with E-state index in [1.807, 2.05) is 35.7 Å². The van der Waals surface area contributed by atoms with Gasteiger partial charge < -0.3 is 5.32 Å². The Morgan fingerprint density at radius 3 is 2.42 bits per heavy atom. The summed E-state index contributed by atoms with van der Waals surface area (Å²) in [5.41, 5.74) is 4.75. The SMILES string of the molecule is Cc1ccc(-c2csc(SCC(=O)Nc3ccccc3C(=O)c3ccccc3)n2)cc1. The van der Waals surface area contributed by atoms with Crippen molar-refractivity contribution in [2.24, 2.45) is 0 Å². The van der Waals surface area contributed by atoms with E-state index in [0.717, 1.165) is 15.6 Å². The monoisotopic (exact) mass is 444 g/mol. The van der Waals surface area contributed by atoms with Gasteiger partial charge in [0, 0.05) is 22.1 Å². The van der Waals surface area contributed by atoms with E-state index in [1.54, 1.807) is 36.4 Å². The molecule has 3 aromatic carbocycles. The smallest absolute Gasteiger partial charge is 0.234 e. The van der Waals surface area contributed by atoms with Gasteiger partial charge >= 0.3 is 0 Å². The van der Waals surface area contributed by atoms with Crippen LogP contribution >= 0.6 is 23.1 Å². The second kappa shape index (κ2) is 9.73. The maximum absolute atomic E-state index is 12.8. The molecular formula is C25H20N2O2S2. The number of aryl methyl sites for hydroxylation is 1. The fraction of sp³-hybridized carbons (Fsp3) is 0.0800. The number of nitrogens with one attached hydrogen (secondary N) is 1. The van der Waals surface area contributed by atoms with Crippen molar-refractivity contribution < 1.29 is 9.59 Å². The quantitative estimate of drug-likeness (QED) is 0.277. The molecule has 1 aromatic heterocycles. The molecule has 0 unspecified atom stereocenters. The first-order valence-corrected chi connectivity index (χ1v) is 11.6. The van der Waals surface area contributed by atoms with Gasteiger partial charge in [-0.3, -0.25) is 9.59 Å². The van der Waals surface area contributed by atoms with Crippen LogP contribution in [0.5, 0.6) is 0 Å². The van der Waals surface area contributed by atoms with E-state index in [-0.39, 0.29) is 17.4 Å². The number of nitrogens with zero attached hydrogens (tertiary/aromatic N) is 1. The van der Waals surface area contributed by atoms with Gasteiger partial charge in [-0.1, -0.05) is 84.1 Å². The summed E-state index contributed by atoms with van der Waals surface area (Å²) in [7, 11) is 0. The summed E-state index contributed by atoms with van der Waals surface area (Å²) in [6.07, 6.45) is 0. The lowest BCUT2D eigenvalue weighted by atomic mass is 10.0. The number of anilines is 1. The molecule has 6 heteroatoms. The normalized spacial score (nSPS) is 10.6. The molecule has 0 saturated heterocycles. The number of thioether (sulfide) groups is 1. The van der Waals surface area contributed by atoms with E-state index in [4.69, 9.17) is 0 Å². The van der Waals surface area contributed by atoms with Crippen LogP contribution in [0.25, 0.3) is 11.3 Å². The van der Waals surface area contributed by atoms with Crippen molar-refractivity contribution in [3.05, 3.63) is 101 Å². The number of ketones is 1. The molecule has 4 rings (SSSR count). The van der Waals surface area contributed by atoms with E-state index >= 15 is 0 Å². The molecule has 0 aliphatic carbocycles. The molecule has 0 atom stereocenters. The zero-order chi connectivity index (χ0) is 21.6. The summed E-state index contributed by atoms with van der Waals surface area (Å²) in [4.78, 5) is 30.0. The average molecular weight is 445 g/mol. The second-order valence-electron chi connectivity index (χ2n) is 6.94. The predicted octanol–water partition coefficient (Wildman–Crippen LogP) is 6.08. The van der Waals surface area contributed by atoms with Crippen LogP contribution in [0, 0.1) is 6.92 Å². The van der Waals surface area contributed by atoms with Crippen molar-refractivity contribution in [3.8, 4) is 11.3 Å². The Balaban J connectivity index is 1.40. The first-order chi connectivity index (χ1) is 15.1. The lowest BCUT2D eigenvalue weighted by Crippen LogP contribution is -2.16. The molecule has 0 aliphatic heterocycles. The third-order valence-corrected chi connectivity index (χ3v) is 6.66. The molecule has 31 heavy (non-hydrogen) atoms. The van der Waals surface area contributed by atoms with Crippen molar-refractivity contribution in [1.29, 1.82) is 0 Å². The fourth-order valence-electron chi connectivity index (χ4n) is 3.03. The van der Waals surface area contributed by atoms with Crippen LogP contribution in [-0.4, -0.2) is 22.4 Å². The molecule has 1 heterocycles. The highest BCUT2D eigenvalue weighted by Gasteiger charge is 2.15. The maximum atomic E-state index is 12.8. The molecule has 0 radical (unpaired) electrons. The molecule has 0 saturated carbocycles. The Bertz CT molecular complexity index is 1200. The van der Waals surface area contributed by atoms with Gasteiger partial charge in [-0.15, -0.1) is 11.3 Å².